The summed E-state index contributed by atoms with van der Waals surface area (Å²) in [6.07, 6.45) is 0.272. The molecule has 0 N–H and O–H groups in total. The molecule has 8 heteroatoms. The normalized spacial score (nSPS) is 11.0. The van der Waals surface area contributed by atoms with Crippen LogP contribution < -0.4 is 0 Å². The predicted molar refractivity (Wildman–Crippen MR) is 91.8 cm³/mol. The minimum Gasteiger partial charge on any atom is -0.466 e. The van der Waals surface area contributed by atoms with Crippen molar-refractivity contribution >= 4 is 5.97 Å². The van der Waals surface area contributed by atoms with E-state index in [0.717, 1.165) is 0 Å². The monoisotopic (exact) mass is 366 g/mol. The summed E-state index contributed by atoms with van der Waals surface area (Å²) >= 11 is 0. The van der Waals surface area contributed by atoms with E-state index in [1.807, 2.05) is 6.92 Å². The number of ether oxygens (including phenoxy) is 7. The Kier molecular flexibility index (Phi) is 20.6. The summed E-state index contributed by atoms with van der Waals surface area (Å²) in [5, 5.41) is 0. The Hall–Kier alpha value is -0.770. The molecule has 0 aromatic heterocycles. The van der Waals surface area contributed by atoms with Crippen LogP contribution in [0.4, 0.5) is 0 Å². The van der Waals surface area contributed by atoms with E-state index < -0.39 is 0 Å². The Bertz CT molecular complexity index is 275. The van der Waals surface area contributed by atoms with E-state index in [1.165, 1.54) is 0 Å². The van der Waals surface area contributed by atoms with Gasteiger partial charge in [-0.05, 0) is 13.8 Å². The van der Waals surface area contributed by atoms with Crippen LogP contribution in [-0.4, -0.2) is 91.9 Å². The number of rotatable bonds is 20. The van der Waals surface area contributed by atoms with Crippen LogP contribution in [0, 0.1) is 0 Å². The molecule has 0 aliphatic heterocycles. The fraction of sp³-hybridized carbons (Fsp3) is 0.941. The number of carbonyl (C=O) groups is 1. The lowest BCUT2D eigenvalue weighted by atomic mass is 10.5. The van der Waals surface area contributed by atoms with Crippen LogP contribution in [0.1, 0.15) is 20.3 Å². The standard InChI is InChI=1S/C17H34O8/c1-3-19-7-8-21-11-12-23-15-16-24-14-13-22-10-9-20-6-5-17(18)25-4-2/h3-16H2,1-2H3. The van der Waals surface area contributed by atoms with E-state index in [1.54, 1.807) is 6.92 Å². The average Bonchev–Trinajstić information content (AvgIpc) is 2.61. The fourth-order valence-corrected chi connectivity index (χ4v) is 1.63. The minimum atomic E-state index is -0.240. The van der Waals surface area contributed by atoms with Crippen LogP contribution in [0.25, 0.3) is 0 Å². The lowest BCUT2D eigenvalue weighted by molar-refractivity contribution is -0.144. The molecule has 0 aliphatic carbocycles. The van der Waals surface area contributed by atoms with Crippen LogP contribution in [0.2, 0.25) is 0 Å². The fourth-order valence-electron chi connectivity index (χ4n) is 1.63. The zero-order chi connectivity index (χ0) is 18.4. The van der Waals surface area contributed by atoms with Crippen molar-refractivity contribution in [2.75, 3.05) is 85.9 Å². The predicted octanol–water partition coefficient (Wildman–Crippen LogP) is 1.06. The molecule has 0 saturated carbocycles. The summed E-state index contributed by atoms with van der Waals surface area (Å²) in [5.41, 5.74) is 0. The van der Waals surface area contributed by atoms with Crippen molar-refractivity contribution < 1.29 is 38.0 Å². The molecular weight excluding hydrogens is 332 g/mol. The minimum absolute atomic E-state index is 0.240. The zero-order valence-electron chi connectivity index (χ0n) is 15.7. The first kappa shape index (κ1) is 24.2. The zero-order valence-corrected chi connectivity index (χ0v) is 15.7. The van der Waals surface area contributed by atoms with Gasteiger partial charge in [0, 0.05) is 6.61 Å². The molecule has 0 rings (SSSR count). The van der Waals surface area contributed by atoms with Crippen molar-refractivity contribution in [1.82, 2.24) is 0 Å². The van der Waals surface area contributed by atoms with Gasteiger partial charge in [-0.25, -0.2) is 0 Å². The molecule has 25 heavy (non-hydrogen) atoms. The average molecular weight is 366 g/mol. The van der Waals surface area contributed by atoms with E-state index in [-0.39, 0.29) is 12.4 Å². The van der Waals surface area contributed by atoms with Gasteiger partial charge in [0.1, 0.15) is 0 Å². The topological polar surface area (TPSA) is 81.7 Å². The highest BCUT2D eigenvalue weighted by atomic mass is 16.6. The molecule has 0 amide bonds. The van der Waals surface area contributed by atoms with Crippen molar-refractivity contribution in [3.05, 3.63) is 0 Å². The van der Waals surface area contributed by atoms with Crippen LogP contribution in [0.15, 0.2) is 0 Å². The Labute approximate surface area is 151 Å². The molecule has 0 spiro atoms. The van der Waals surface area contributed by atoms with Gasteiger partial charge in [0.05, 0.1) is 85.7 Å². The van der Waals surface area contributed by atoms with Crippen LogP contribution in [0.5, 0.6) is 0 Å². The SMILES string of the molecule is CCOCCOCCOCCOCCOCCOCCC(=O)OCC. The largest absolute Gasteiger partial charge is 0.466 e. The lowest BCUT2D eigenvalue weighted by Gasteiger charge is -2.08. The van der Waals surface area contributed by atoms with E-state index in [9.17, 15) is 4.79 Å². The second-order valence-electron chi connectivity index (χ2n) is 4.81. The van der Waals surface area contributed by atoms with E-state index >= 15 is 0 Å². The maximum absolute atomic E-state index is 11.0. The highest BCUT2D eigenvalue weighted by Gasteiger charge is 2.00. The highest BCUT2D eigenvalue weighted by molar-refractivity contribution is 5.69. The highest BCUT2D eigenvalue weighted by Crippen LogP contribution is 1.89. The Morgan fingerprint density at radius 2 is 0.880 bits per heavy atom. The molecule has 0 atom stereocenters. The molecular formula is C17H34O8. The Balaban J connectivity index is 3.02. The summed E-state index contributed by atoms with van der Waals surface area (Å²) in [6.45, 7) is 10.5. The first-order valence-corrected chi connectivity index (χ1v) is 8.93. The van der Waals surface area contributed by atoms with E-state index in [4.69, 9.17) is 33.2 Å². The van der Waals surface area contributed by atoms with Crippen LogP contribution >= 0.6 is 0 Å². The van der Waals surface area contributed by atoms with E-state index in [0.29, 0.717) is 85.9 Å². The number of hydrogen-bond donors (Lipinski definition) is 0. The smallest absolute Gasteiger partial charge is 0.308 e. The molecule has 8 nitrogen and oxygen atoms in total. The second-order valence-corrected chi connectivity index (χ2v) is 4.81. The van der Waals surface area contributed by atoms with Gasteiger partial charge in [0.15, 0.2) is 0 Å². The lowest BCUT2D eigenvalue weighted by Crippen LogP contribution is -2.14. The maximum atomic E-state index is 11.0. The maximum Gasteiger partial charge on any atom is 0.308 e. The van der Waals surface area contributed by atoms with Gasteiger partial charge < -0.3 is 33.2 Å². The number of esters is 1. The van der Waals surface area contributed by atoms with Crippen molar-refractivity contribution in [1.29, 1.82) is 0 Å². The van der Waals surface area contributed by atoms with Crippen LogP contribution in [-0.2, 0) is 38.0 Å². The van der Waals surface area contributed by atoms with Crippen LogP contribution in [0.3, 0.4) is 0 Å². The molecule has 0 fully saturated rings. The van der Waals surface area contributed by atoms with Gasteiger partial charge in [-0.15, -0.1) is 0 Å². The van der Waals surface area contributed by atoms with Crippen molar-refractivity contribution in [2.45, 2.75) is 20.3 Å². The van der Waals surface area contributed by atoms with Crippen molar-refractivity contribution in [3.8, 4) is 0 Å². The molecule has 0 aromatic rings. The molecule has 0 bridgehead atoms. The molecule has 0 saturated heterocycles. The third-order valence-electron chi connectivity index (χ3n) is 2.82. The summed E-state index contributed by atoms with van der Waals surface area (Å²) in [5.74, 6) is -0.240. The second kappa shape index (κ2) is 21.3. The molecule has 150 valence electrons. The first-order valence-electron chi connectivity index (χ1n) is 8.93. The molecule has 0 aromatic carbocycles. The quantitative estimate of drug-likeness (QED) is 0.234. The Morgan fingerprint density at radius 1 is 0.520 bits per heavy atom. The molecule has 0 heterocycles. The summed E-state index contributed by atoms with van der Waals surface area (Å²) < 4.78 is 36.6. The molecule has 0 aliphatic rings. The Morgan fingerprint density at radius 3 is 1.24 bits per heavy atom. The van der Waals surface area contributed by atoms with Gasteiger partial charge in [0.25, 0.3) is 0 Å². The van der Waals surface area contributed by atoms with Crippen molar-refractivity contribution in [2.24, 2.45) is 0 Å². The number of carbonyl (C=O) groups excluding carboxylic acids is 1. The number of hydrogen-bond acceptors (Lipinski definition) is 8. The van der Waals surface area contributed by atoms with Crippen molar-refractivity contribution in [3.63, 3.8) is 0 Å². The third kappa shape index (κ3) is 21.2. The van der Waals surface area contributed by atoms with Gasteiger partial charge >= 0.3 is 5.97 Å². The van der Waals surface area contributed by atoms with E-state index in [2.05, 4.69) is 0 Å². The molecule has 0 unspecified atom stereocenters. The van der Waals surface area contributed by atoms with Gasteiger partial charge in [0.2, 0.25) is 0 Å². The van der Waals surface area contributed by atoms with Gasteiger partial charge in [-0.3, -0.25) is 4.79 Å². The first-order chi connectivity index (χ1) is 12.3. The summed E-state index contributed by atoms with van der Waals surface area (Å²) in [7, 11) is 0. The molecule has 0 radical (unpaired) electrons. The third-order valence-corrected chi connectivity index (χ3v) is 2.82. The van der Waals surface area contributed by atoms with Gasteiger partial charge in [-0.2, -0.15) is 0 Å². The summed E-state index contributed by atoms with van der Waals surface area (Å²) in [6, 6.07) is 0. The summed E-state index contributed by atoms with van der Waals surface area (Å²) in [4.78, 5) is 11.0. The van der Waals surface area contributed by atoms with Gasteiger partial charge in [-0.1, -0.05) is 0 Å².